The number of carboxylic acid groups (broad SMARTS) is 1. The number of carbonyl (C=O) groups excluding carboxylic acids is 2. The molecule has 3 amide bonds. The van der Waals surface area contributed by atoms with Gasteiger partial charge in [-0.05, 0) is 31.9 Å². The summed E-state index contributed by atoms with van der Waals surface area (Å²) in [6, 6.07) is 6.94. The van der Waals surface area contributed by atoms with Crippen LogP contribution in [0.4, 0.5) is 10.5 Å². The molecule has 0 saturated heterocycles. The topological polar surface area (TPSA) is 86.7 Å². The van der Waals surface area contributed by atoms with E-state index in [0.29, 0.717) is 6.54 Å². The molecule has 110 valence electrons. The maximum absolute atomic E-state index is 12.1. The minimum atomic E-state index is -1.18. The summed E-state index contributed by atoms with van der Waals surface area (Å²) in [5.41, 5.74) is 1.76. The van der Waals surface area contributed by atoms with Gasteiger partial charge in [0.25, 0.3) is 5.91 Å². The zero-order valence-electron chi connectivity index (χ0n) is 11.8. The number of rotatable bonds is 2. The first-order valence-corrected chi connectivity index (χ1v) is 6.53. The van der Waals surface area contributed by atoms with Gasteiger partial charge in [0.2, 0.25) is 0 Å². The largest absolute Gasteiger partial charge is 0.478 e. The molecule has 2 rings (SSSR count). The molecule has 6 nitrogen and oxygen atoms in total. The fourth-order valence-electron chi connectivity index (χ4n) is 2.14. The number of para-hydroxylation sites is 1. The van der Waals surface area contributed by atoms with Gasteiger partial charge in [-0.1, -0.05) is 18.2 Å². The summed E-state index contributed by atoms with van der Waals surface area (Å²) >= 11 is 0. The van der Waals surface area contributed by atoms with Gasteiger partial charge >= 0.3 is 12.0 Å². The highest BCUT2D eigenvalue weighted by molar-refractivity contribution is 6.11. The van der Waals surface area contributed by atoms with Crippen molar-refractivity contribution in [2.75, 3.05) is 11.4 Å². The summed E-state index contributed by atoms with van der Waals surface area (Å²) in [6.45, 7) is 3.20. The van der Waals surface area contributed by atoms with E-state index < -0.39 is 17.9 Å². The smallest absolute Gasteiger partial charge is 0.331 e. The van der Waals surface area contributed by atoms with Crippen molar-refractivity contribution in [3.8, 4) is 0 Å². The summed E-state index contributed by atoms with van der Waals surface area (Å²) in [5.74, 6) is -1.87. The van der Waals surface area contributed by atoms with E-state index in [1.807, 2.05) is 24.3 Å². The zero-order valence-corrected chi connectivity index (χ0v) is 11.8. The molecule has 1 heterocycles. The number of amides is 3. The van der Waals surface area contributed by atoms with Crippen molar-refractivity contribution in [3.63, 3.8) is 0 Å². The average Bonchev–Trinajstić information content (AvgIpc) is 2.89. The van der Waals surface area contributed by atoms with Crippen molar-refractivity contribution in [2.24, 2.45) is 0 Å². The summed E-state index contributed by atoms with van der Waals surface area (Å²) in [7, 11) is 0. The van der Waals surface area contributed by atoms with Gasteiger partial charge in [0.1, 0.15) is 0 Å². The molecular weight excluding hydrogens is 272 g/mol. The van der Waals surface area contributed by atoms with Gasteiger partial charge in [-0.3, -0.25) is 15.0 Å². The van der Waals surface area contributed by atoms with Crippen LogP contribution in [0, 0.1) is 0 Å². The molecule has 0 aromatic heterocycles. The lowest BCUT2D eigenvalue weighted by atomic mass is 10.1. The van der Waals surface area contributed by atoms with Crippen LogP contribution in [0.1, 0.15) is 19.4 Å². The number of aliphatic carboxylic acids is 1. The number of urea groups is 1. The van der Waals surface area contributed by atoms with Crippen LogP contribution in [-0.4, -0.2) is 29.6 Å². The van der Waals surface area contributed by atoms with E-state index in [4.69, 9.17) is 5.11 Å². The average molecular weight is 288 g/mol. The van der Waals surface area contributed by atoms with Crippen LogP contribution in [0.15, 0.2) is 35.4 Å². The second kappa shape index (κ2) is 5.78. The minimum Gasteiger partial charge on any atom is -0.478 e. The fourth-order valence-corrected chi connectivity index (χ4v) is 2.14. The molecule has 0 atom stereocenters. The van der Waals surface area contributed by atoms with Crippen LogP contribution in [0.25, 0.3) is 0 Å². The Balaban J connectivity index is 2.12. The van der Waals surface area contributed by atoms with Crippen LogP contribution >= 0.6 is 0 Å². The molecule has 1 aliphatic rings. The normalized spacial score (nSPS) is 14.3. The molecule has 0 unspecified atom stereocenters. The molecule has 0 bridgehead atoms. The molecule has 1 aliphatic heterocycles. The lowest BCUT2D eigenvalue weighted by molar-refractivity contribution is -0.133. The highest BCUT2D eigenvalue weighted by Crippen LogP contribution is 2.27. The van der Waals surface area contributed by atoms with E-state index in [-0.39, 0.29) is 11.1 Å². The van der Waals surface area contributed by atoms with E-state index in [0.717, 1.165) is 17.7 Å². The molecule has 0 fully saturated rings. The SMILES string of the molecule is CC(C(=O)O)=C(C)C(=O)NC(=O)N1CCc2ccccc21. The first-order valence-electron chi connectivity index (χ1n) is 6.53. The summed E-state index contributed by atoms with van der Waals surface area (Å²) in [6.07, 6.45) is 0.737. The predicted octanol–water partition coefficient (Wildman–Crippen LogP) is 1.71. The van der Waals surface area contributed by atoms with E-state index in [9.17, 15) is 14.4 Å². The molecule has 6 heteroatoms. The Hall–Kier alpha value is -2.63. The second-order valence-electron chi connectivity index (χ2n) is 4.84. The first-order chi connectivity index (χ1) is 9.91. The van der Waals surface area contributed by atoms with Crippen molar-refractivity contribution >= 4 is 23.6 Å². The number of benzene rings is 1. The van der Waals surface area contributed by atoms with Gasteiger partial charge in [-0.15, -0.1) is 0 Å². The van der Waals surface area contributed by atoms with Crippen LogP contribution < -0.4 is 10.2 Å². The van der Waals surface area contributed by atoms with Crippen LogP contribution in [0.5, 0.6) is 0 Å². The Morgan fingerprint density at radius 1 is 1.14 bits per heavy atom. The summed E-state index contributed by atoms with van der Waals surface area (Å²) < 4.78 is 0. The molecule has 1 aromatic carbocycles. The molecule has 0 radical (unpaired) electrons. The Kier molecular flexibility index (Phi) is 4.07. The van der Waals surface area contributed by atoms with Crippen LogP contribution in [0.2, 0.25) is 0 Å². The third-order valence-corrected chi connectivity index (χ3v) is 3.58. The number of nitrogens with zero attached hydrogens (tertiary/aromatic N) is 1. The maximum Gasteiger partial charge on any atom is 0.331 e. The molecule has 2 N–H and O–H groups in total. The van der Waals surface area contributed by atoms with E-state index >= 15 is 0 Å². The Morgan fingerprint density at radius 3 is 2.48 bits per heavy atom. The maximum atomic E-state index is 12.1. The van der Waals surface area contributed by atoms with E-state index in [1.54, 1.807) is 0 Å². The van der Waals surface area contributed by atoms with Crippen LogP contribution in [0.3, 0.4) is 0 Å². The van der Waals surface area contributed by atoms with Crippen molar-refractivity contribution in [1.82, 2.24) is 5.32 Å². The third kappa shape index (κ3) is 2.94. The van der Waals surface area contributed by atoms with Gasteiger partial charge in [-0.2, -0.15) is 0 Å². The fraction of sp³-hybridized carbons (Fsp3) is 0.267. The number of nitrogens with one attached hydrogen (secondary N) is 1. The molecule has 0 aliphatic carbocycles. The first kappa shape index (κ1) is 14.8. The van der Waals surface area contributed by atoms with Crippen LogP contribution in [-0.2, 0) is 16.0 Å². The highest BCUT2D eigenvalue weighted by atomic mass is 16.4. The Bertz CT molecular complexity index is 649. The number of anilines is 1. The Morgan fingerprint density at radius 2 is 1.81 bits per heavy atom. The summed E-state index contributed by atoms with van der Waals surface area (Å²) in [5, 5.41) is 11.1. The minimum absolute atomic E-state index is 0.0170. The van der Waals surface area contributed by atoms with E-state index in [2.05, 4.69) is 5.32 Å². The molecular formula is C15H16N2O4. The number of carbonyl (C=O) groups is 3. The van der Waals surface area contributed by atoms with Crippen molar-refractivity contribution in [2.45, 2.75) is 20.3 Å². The van der Waals surface area contributed by atoms with E-state index in [1.165, 1.54) is 18.7 Å². The molecule has 0 spiro atoms. The lowest BCUT2D eigenvalue weighted by Crippen LogP contribution is -2.42. The molecule has 1 aromatic rings. The molecule has 21 heavy (non-hydrogen) atoms. The summed E-state index contributed by atoms with van der Waals surface area (Å²) in [4.78, 5) is 36.3. The number of carboxylic acids is 1. The quantitative estimate of drug-likeness (QED) is 0.811. The van der Waals surface area contributed by atoms with Gasteiger partial charge < -0.3 is 5.11 Å². The molecule has 0 saturated carbocycles. The standard InChI is InChI=1S/C15H16N2O4/c1-9(10(2)14(19)20)13(18)16-15(21)17-8-7-11-5-3-4-6-12(11)17/h3-6H,7-8H2,1-2H3,(H,19,20)(H,16,18,21). The van der Waals surface area contributed by atoms with Crippen molar-refractivity contribution < 1.29 is 19.5 Å². The Labute approximate surface area is 122 Å². The van der Waals surface area contributed by atoms with Gasteiger partial charge in [0.05, 0.1) is 0 Å². The highest BCUT2D eigenvalue weighted by Gasteiger charge is 2.26. The van der Waals surface area contributed by atoms with Crippen molar-refractivity contribution in [1.29, 1.82) is 0 Å². The van der Waals surface area contributed by atoms with Gasteiger partial charge in [-0.25, -0.2) is 9.59 Å². The second-order valence-corrected chi connectivity index (χ2v) is 4.84. The van der Waals surface area contributed by atoms with Crippen molar-refractivity contribution in [3.05, 3.63) is 41.0 Å². The zero-order chi connectivity index (χ0) is 15.6. The van der Waals surface area contributed by atoms with Gasteiger partial charge in [0, 0.05) is 23.4 Å². The number of hydrogen-bond acceptors (Lipinski definition) is 3. The lowest BCUT2D eigenvalue weighted by Gasteiger charge is -2.17. The monoisotopic (exact) mass is 288 g/mol. The number of hydrogen-bond donors (Lipinski definition) is 2. The predicted molar refractivity (Wildman–Crippen MR) is 77.0 cm³/mol. The third-order valence-electron chi connectivity index (χ3n) is 3.58. The number of imide groups is 1. The van der Waals surface area contributed by atoms with Gasteiger partial charge in [0.15, 0.2) is 0 Å². The number of fused-ring (bicyclic) bond motifs is 1.